The molecule has 0 aliphatic carbocycles. The number of piperazine rings is 1. The van der Waals surface area contributed by atoms with Crippen LogP contribution in [0.3, 0.4) is 0 Å². The molecule has 0 radical (unpaired) electrons. The largest absolute Gasteiger partial charge is 0.494 e. The Morgan fingerprint density at radius 1 is 1.14 bits per heavy atom. The van der Waals surface area contributed by atoms with E-state index in [0.29, 0.717) is 0 Å². The zero-order valence-electron chi connectivity index (χ0n) is 12.9. The maximum atomic E-state index is 5.86. The van der Waals surface area contributed by atoms with Gasteiger partial charge >= 0.3 is 0 Å². The Hall–Kier alpha value is -1.96. The number of nitrogens with one attached hydrogen (secondary N) is 1. The molecule has 0 spiro atoms. The van der Waals surface area contributed by atoms with Crippen molar-refractivity contribution in [2.45, 2.75) is 6.42 Å². The first-order valence-electron chi connectivity index (χ1n) is 7.93. The molecule has 1 aromatic heterocycles. The fourth-order valence-corrected chi connectivity index (χ4v) is 2.90. The van der Waals surface area contributed by atoms with E-state index < -0.39 is 0 Å². The maximum absolute atomic E-state index is 5.86. The second kappa shape index (κ2) is 7.35. The molecule has 0 unspecified atom stereocenters. The van der Waals surface area contributed by atoms with E-state index in [1.54, 1.807) is 0 Å². The Labute approximate surface area is 132 Å². The summed E-state index contributed by atoms with van der Waals surface area (Å²) < 4.78 is 5.86. The molecule has 1 aliphatic rings. The monoisotopic (exact) mass is 297 g/mol. The molecule has 4 heteroatoms. The molecular weight excluding hydrogens is 274 g/mol. The number of rotatable bonds is 6. The Morgan fingerprint density at radius 3 is 2.77 bits per heavy atom. The number of benzene rings is 1. The fraction of sp³-hybridized carbons (Fsp3) is 0.444. The molecule has 2 aromatic rings. The van der Waals surface area contributed by atoms with Crippen molar-refractivity contribution in [3.05, 3.63) is 30.5 Å². The van der Waals surface area contributed by atoms with Crippen molar-refractivity contribution in [3.63, 3.8) is 0 Å². The van der Waals surface area contributed by atoms with Crippen LogP contribution in [0, 0.1) is 12.3 Å². The minimum Gasteiger partial charge on any atom is -0.494 e. The molecule has 1 N–H and O–H groups in total. The number of nitrogens with zero attached hydrogens (tertiary/aromatic N) is 2. The zero-order valence-corrected chi connectivity index (χ0v) is 12.9. The van der Waals surface area contributed by atoms with E-state index in [1.807, 2.05) is 12.3 Å². The van der Waals surface area contributed by atoms with Crippen LogP contribution in [0.4, 0.5) is 0 Å². The molecule has 4 nitrogen and oxygen atoms in total. The molecule has 0 saturated carbocycles. The van der Waals surface area contributed by atoms with Gasteiger partial charge in [-0.2, -0.15) is 0 Å². The van der Waals surface area contributed by atoms with E-state index in [4.69, 9.17) is 11.2 Å². The lowest BCUT2D eigenvalue weighted by Crippen LogP contribution is -2.46. The molecular formula is C18H23N3O. The van der Waals surface area contributed by atoms with Gasteiger partial charge in [0.25, 0.3) is 0 Å². The molecule has 0 bridgehead atoms. The molecule has 0 atom stereocenters. The van der Waals surface area contributed by atoms with Crippen LogP contribution >= 0.6 is 0 Å². The van der Waals surface area contributed by atoms with E-state index in [0.717, 1.165) is 63.6 Å². The van der Waals surface area contributed by atoms with Crippen molar-refractivity contribution in [3.8, 4) is 18.1 Å². The van der Waals surface area contributed by atoms with Crippen molar-refractivity contribution in [2.75, 3.05) is 45.9 Å². The summed E-state index contributed by atoms with van der Waals surface area (Å²) in [4.78, 5) is 8.02. The average Bonchev–Trinajstić information content (AvgIpc) is 3.01. The fourth-order valence-electron chi connectivity index (χ4n) is 2.90. The van der Waals surface area contributed by atoms with Crippen molar-refractivity contribution in [1.29, 1.82) is 0 Å². The molecule has 0 amide bonds. The van der Waals surface area contributed by atoms with Gasteiger partial charge in [0.2, 0.25) is 0 Å². The smallest absolute Gasteiger partial charge is 0.120 e. The van der Waals surface area contributed by atoms with Crippen molar-refractivity contribution in [1.82, 2.24) is 14.8 Å². The number of hydrogen-bond donors (Lipinski definition) is 1. The lowest BCUT2D eigenvalue weighted by molar-refractivity contribution is 0.136. The van der Waals surface area contributed by atoms with Crippen LogP contribution in [-0.4, -0.2) is 60.7 Å². The number of aromatic nitrogens is 1. The van der Waals surface area contributed by atoms with Gasteiger partial charge in [-0.05, 0) is 30.7 Å². The van der Waals surface area contributed by atoms with Crippen molar-refractivity contribution >= 4 is 10.9 Å². The molecule has 1 saturated heterocycles. The normalized spacial score (nSPS) is 16.7. The van der Waals surface area contributed by atoms with Crippen LogP contribution in [0.25, 0.3) is 10.9 Å². The van der Waals surface area contributed by atoms with Gasteiger partial charge in [0.05, 0.1) is 13.2 Å². The SMILES string of the molecule is C#CCN1CCN(CCCOc2ccc3[nH]ccc3c2)CC1. The Balaban J connectivity index is 1.36. The number of terminal acetylenes is 1. The summed E-state index contributed by atoms with van der Waals surface area (Å²) in [6.45, 7) is 7.01. The van der Waals surface area contributed by atoms with Crippen LogP contribution in [-0.2, 0) is 0 Å². The first kappa shape index (κ1) is 15.0. The van der Waals surface area contributed by atoms with Gasteiger partial charge in [0, 0.05) is 49.8 Å². The highest BCUT2D eigenvalue weighted by Gasteiger charge is 2.15. The Bertz CT molecular complexity index is 635. The minimum atomic E-state index is 0.764. The highest BCUT2D eigenvalue weighted by atomic mass is 16.5. The summed E-state index contributed by atoms with van der Waals surface area (Å²) in [6, 6.07) is 8.25. The summed E-state index contributed by atoms with van der Waals surface area (Å²) in [6.07, 6.45) is 8.36. The van der Waals surface area contributed by atoms with Gasteiger partial charge in [-0.1, -0.05) is 5.92 Å². The van der Waals surface area contributed by atoms with Gasteiger partial charge in [-0.25, -0.2) is 0 Å². The lowest BCUT2D eigenvalue weighted by Gasteiger charge is -2.33. The lowest BCUT2D eigenvalue weighted by atomic mass is 10.2. The standard InChI is InChI=1S/C18H23N3O/c1-2-8-20-10-12-21(13-11-20)9-3-14-22-17-4-5-18-16(15-17)6-7-19-18/h1,4-7,15,19H,3,8-14H2. The van der Waals surface area contributed by atoms with Gasteiger partial charge < -0.3 is 14.6 Å². The van der Waals surface area contributed by atoms with E-state index in [1.165, 1.54) is 5.39 Å². The van der Waals surface area contributed by atoms with Gasteiger partial charge in [-0.3, -0.25) is 4.90 Å². The third-order valence-corrected chi connectivity index (χ3v) is 4.19. The number of hydrogen-bond acceptors (Lipinski definition) is 3. The Kier molecular flexibility index (Phi) is 4.99. The maximum Gasteiger partial charge on any atom is 0.120 e. The third kappa shape index (κ3) is 3.82. The van der Waals surface area contributed by atoms with Gasteiger partial charge in [0.15, 0.2) is 0 Å². The molecule has 1 fully saturated rings. The molecule has 2 heterocycles. The first-order valence-corrected chi connectivity index (χ1v) is 7.93. The van der Waals surface area contributed by atoms with Crippen LogP contribution in [0.2, 0.25) is 0 Å². The second-order valence-electron chi connectivity index (χ2n) is 5.75. The number of aromatic amines is 1. The van der Waals surface area contributed by atoms with Crippen molar-refractivity contribution < 1.29 is 4.74 Å². The number of ether oxygens (including phenoxy) is 1. The summed E-state index contributed by atoms with van der Waals surface area (Å²) in [7, 11) is 0. The predicted molar refractivity (Wildman–Crippen MR) is 90.1 cm³/mol. The van der Waals surface area contributed by atoms with E-state index in [2.05, 4.69) is 38.9 Å². The highest BCUT2D eigenvalue weighted by molar-refractivity contribution is 5.80. The molecule has 3 rings (SSSR count). The van der Waals surface area contributed by atoms with E-state index >= 15 is 0 Å². The van der Waals surface area contributed by atoms with Crippen molar-refractivity contribution in [2.24, 2.45) is 0 Å². The summed E-state index contributed by atoms with van der Waals surface area (Å²) in [5, 5.41) is 1.20. The van der Waals surface area contributed by atoms with Crippen LogP contribution in [0.15, 0.2) is 30.5 Å². The average molecular weight is 297 g/mol. The number of H-pyrrole nitrogens is 1. The summed E-state index contributed by atoms with van der Waals surface area (Å²) in [5.74, 6) is 3.67. The minimum absolute atomic E-state index is 0.764. The molecule has 22 heavy (non-hydrogen) atoms. The zero-order chi connectivity index (χ0) is 15.2. The number of fused-ring (bicyclic) bond motifs is 1. The molecule has 1 aliphatic heterocycles. The van der Waals surface area contributed by atoms with Crippen LogP contribution in [0.1, 0.15) is 6.42 Å². The van der Waals surface area contributed by atoms with Gasteiger partial charge in [0.1, 0.15) is 5.75 Å². The molecule has 1 aromatic carbocycles. The van der Waals surface area contributed by atoms with E-state index in [9.17, 15) is 0 Å². The first-order chi connectivity index (χ1) is 10.8. The van der Waals surface area contributed by atoms with Gasteiger partial charge in [-0.15, -0.1) is 6.42 Å². The second-order valence-corrected chi connectivity index (χ2v) is 5.75. The van der Waals surface area contributed by atoms with Crippen LogP contribution < -0.4 is 4.74 Å². The van der Waals surface area contributed by atoms with Crippen LogP contribution in [0.5, 0.6) is 5.75 Å². The Morgan fingerprint density at radius 2 is 1.95 bits per heavy atom. The highest BCUT2D eigenvalue weighted by Crippen LogP contribution is 2.19. The quantitative estimate of drug-likeness (QED) is 0.655. The summed E-state index contributed by atoms with van der Waals surface area (Å²) >= 11 is 0. The topological polar surface area (TPSA) is 31.5 Å². The molecule has 116 valence electrons. The van der Waals surface area contributed by atoms with E-state index in [-0.39, 0.29) is 0 Å². The summed E-state index contributed by atoms with van der Waals surface area (Å²) in [5.41, 5.74) is 1.15. The third-order valence-electron chi connectivity index (χ3n) is 4.19. The predicted octanol–water partition coefficient (Wildman–Crippen LogP) is 2.19.